The minimum Gasteiger partial charge on any atom is -0.314 e. The van der Waals surface area contributed by atoms with Gasteiger partial charge < -0.3 is 4.90 Å². The van der Waals surface area contributed by atoms with Gasteiger partial charge in [-0.15, -0.1) is 0 Å². The molecule has 1 aliphatic rings. The van der Waals surface area contributed by atoms with Gasteiger partial charge in [-0.25, -0.2) is 0 Å². The van der Waals surface area contributed by atoms with Gasteiger partial charge >= 0.3 is 0 Å². The first-order valence-electron chi connectivity index (χ1n) is 5.72. The second-order valence-corrected chi connectivity index (χ2v) is 5.27. The van der Waals surface area contributed by atoms with Gasteiger partial charge in [0.05, 0.1) is 10.0 Å². The Morgan fingerprint density at radius 3 is 2.58 bits per heavy atom. The van der Waals surface area contributed by atoms with Crippen molar-refractivity contribution in [2.45, 2.75) is 6.92 Å². The van der Waals surface area contributed by atoms with Crippen LogP contribution in [-0.4, -0.2) is 34.4 Å². The van der Waals surface area contributed by atoms with Gasteiger partial charge in [-0.2, -0.15) is 0 Å². The maximum absolute atomic E-state index is 12.1. The van der Waals surface area contributed by atoms with Crippen LogP contribution in [0.25, 0.3) is 6.08 Å². The molecule has 0 radical (unpaired) electrons. The van der Waals surface area contributed by atoms with Gasteiger partial charge in [-0.05, 0) is 42.9 Å². The summed E-state index contributed by atoms with van der Waals surface area (Å²) in [7, 11) is 1.67. The SMILES string of the molecule is CCN1C(=S)N(C)C(=O)C1=Cc1ccc(Cl)c(Cl)c1. The van der Waals surface area contributed by atoms with Crippen LogP contribution in [0, 0.1) is 0 Å². The molecule has 100 valence electrons. The number of carbonyl (C=O) groups is 1. The molecule has 0 unspecified atom stereocenters. The predicted octanol–water partition coefficient (Wildman–Crippen LogP) is 3.41. The van der Waals surface area contributed by atoms with Crippen molar-refractivity contribution in [2.75, 3.05) is 13.6 Å². The topological polar surface area (TPSA) is 23.6 Å². The molecule has 1 heterocycles. The van der Waals surface area contributed by atoms with Crippen molar-refractivity contribution >= 4 is 52.5 Å². The normalized spacial score (nSPS) is 17.8. The van der Waals surface area contributed by atoms with Gasteiger partial charge in [0, 0.05) is 13.6 Å². The molecule has 0 N–H and O–H groups in total. The van der Waals surface area contributed by atoms with E-state index < -0.39 is 0 Å². The van der Waals surface area contributed by atoms with E-state index in [1.807, 2.05) is 13.0 Å². The molecule has 19 heavy (non-hydrogen) atoms. The van der Waals surface area contributed by atoms with E-state index in [-0.39, 0.29) is 5.91 Å². The number of nitrogens with zero attached hydrogens (tertiary/aromatic N) is 2. The summed E-state index contributed by atoms with van der Waals surface area (Å²) in [6.45, 7) is 2.59. The summed E-state index contributed by atoms with van der Waals surface area (Å²) in [6.07, 6.45) is 1.77. The van der Waals surface area contributed by atoms with E-state index in [1.165, 1.54) is 4.90 Å². The summed E-state index contributed by atoms with van der Waals surface area (Å²) in [6, 6.07) is 5.23. The molecule has 1 aromatic carbocycles. The number of benzene rings is 1. The van der Waals surface area contributed by atoms with Crippen molar-refractivity contribution in [3.63, 3.8) is 0 Å². The summed E-state index contributed by atoms with van der Waals surface area (Å²) in [5, 5.41) is 1.46. The zero-order valence-corrected chi connectivity index (χ0v) is 12.8. The second kappa shape index (κ2) is 5.49. The number of carbonyl (C=O) groups excluding carboxylic acids is 1. The van der Waals surface area contributed by atoms with Crippen molar-refractivity contribution < 1.29 is 4.79 Å². The fraction of sp³-hybridized carbons (Fsp3) is 0.231. The number of halogens is 2. The third-order valence-electron chi connectivity index (χ3n) is 2.90. The first-order valence-corrected chi connectivity index (χ1v) is 6.88. The smallest absolute Gasteiger partial charge is 0.276 e. The highest BCUT2D eigenvalue weighted by atomic mass is 35.5. The van der Waals surface area contributed by atoms with Crippen LogP contribution in [0.2, 0.25) is 10.0 Å². The van der Waals surface area contributed by atoms with Gasteiger partial charge in [0.1, 0.15) is 5.70 Å². The van der Waals surface area contributed by atoms with Crippen LogP contribution in [0.1, 0.15) is 12.5 Å². The number of hydrogen-bond donors (Lipinski definition) is 0. The van der Waals surface area contributed by atoms with Crippen molar-refractivity contribution in [3.8, 4) is 0 Å². The van der Waals surface area contributed by atoms with Crippen molar-refractivity contribution in [1.29, 1.82) is 0 Å². The zero-order valence-electron chi connectivity index (χ0n) is 10.5. The molecule has 0 atom stereocenters. The average Bonchev–Trinajstić information content (AvgIpc) is 2.58. The van der Waals surface area contributed by atoms with E-state index in [9.17, 15) is 4.79 Å². The third kappa shape index (κ3) is 2.61. The highest BCUT2D eigenvalue weighted by Gasteiger charge is 2.34. The Hall–Kier alpha value is -1.10. The number of rotatable bonds is 2. The molecular formula is C13H12Cl2N2OS. The Morgan fingerprint density at radius 1 is 1.32 bits per heavy atom. The molecule has 1 saturated heterocycles. The molecule has 3 nitrogen and oxygen atoms in total. The molecule has 0 aromatic heterocycles. The van der Waals surface area contributed by atoms with Crippen LogP contribution in [-0.2, 0) is 4.79 Å². The average molecular weight is 315 g/mol. The first-order chi connectivity index (χ1) is 8.95. The summed E-state index contributed by atoms with van der Waals surface area (Å²) in [4.78, 5) is 15.4. The highest BCUT2D eigenvalue weighted by molar-refractivity contribution is 7.80. The molecule has 1 fully saturated rings. The van der Waals surface area contributed by atoms with Crippen LogP contribution in [0.4, 0.5) is 0 Å². The second-order valence-electron chi connectivity index (χ2n) is 4.09. The minimum absolute atomic E-state index is 0.113. The number of thiocarbonyl (C=S) groups is 1. The lowest BCUT2D eigenvalue weighted by atomic mass is 10.2. The van der Waals surface area contributed by atoms with E-state index in [4.69, 9.17) is 35.4 Å². The molecular weight excluding hydrogens is 303 g/mol. The van der Waals surface area contributed by atoms with E-state index in [0.717, 1.165) is 5.56 Å². The summed E-state index contributed by atoms with van der Waals surface area (Å²) in [5.74, 6) is -0.113. The lowest BCUT2D eigenvalue weighted by molar-refractivity contribution is -0.121. The minimum atomic E-state index is -0.113. The Labute approximate surface area is 127 Å². The van der Waals surface area contributed by atoms with Gasteiger partial charge in [-0.1, -0.05) is 29.3 Å². The Balaban J connectivity index is 2.43. The fourth-order valence-corrected chi connectivity index (χ4v) is 2.48. The molecule has 1 aromatic rings. The van der Waals surface area contributed by atoms with E-state index in [0.29, 0.717) is 27.4 Å². The number of hydrogen-bond acceptors (Lipinski definition) is 2. The molecule has 6 heteroatoms. The lowest BCUT2D eigenvalue weighted by Crippen LogP contribution is -2.29. The third-order valence-corrected chi connectivity index (χ3v) is 4.13. The molecule has 0 spiro atoms. The van der Waals surface area contributed by atoms with Gasteiger partial charge in [-0.3, -0.25) is 9.69 Å². The molecule has 0 aliphatic carbocycles. The maximum atomic E-state index is 12.1. The largest absolute Gasteiger partial charge is 0.314 e. The van der Waals surface area contributed by atoms with Crippen molar-refractivity contribution in [1.82, 2.24) is 9.80 Å². The predicted molar refractivity (Wildman–Crippen MR) is 82.2 cm³/mol. The first kappa shape index (κ1) is 14.3. The van der Waals surface area contributed by atoms with Gasteiger partial charge in [0.15, 0.2) is 5.11 Å². The van der Waals surface area contributed by atoms with Crippen molar-refractivity contribution in [3.05, 3.63) is 39.5 Å². The molecule has 2 rings (SSSR count). The summed E-state index contributed by atoms with van der Waals surface area (Å²) in [5.41, 5.74) is 1.36. The van der Waals surface area contributed by atoms with Crippen molar-refractivity contribution in [2.24, 2.45) is 0 Å². The molecule has 1 amide bonds. The van der Waals surface area contributed by atoms with Crippen LogP contribution in [0.3, 0.4) is 0 Å². The standard InChI is InChI=1S/C13H12Cl2N2OS/c1-3-17-11(12(18)16(2)13(17)19)7-8-4-5-9(14)10(15)6-8/h4-7H,3H2,1-2H3. The molecule has 1 aliphatic heterocycles. The van der Waals surface area contributed by atoms with Crippen LogP contribution in [0.15, 0.2) is 23.9 Å². The van der Waals surface area contributed by atoms with Crippen LogP contribution < -0.4 is 0 Å². The quantitative estimate of drug-likeness (QED) is 0.617. The lowest BCUT2D eigenvalue weighted by Gasteiger charge is -2.15. The molecule has 0 saturated carbocycles. The van der Waals surface area contributed by atoms with Crippen LogP contribution >= 0.6 is 35.4 Å². The van der Waals surface area contributed by atoms with Crippen LogP contribution in [0.5, 0.6) is 0 Å². The number of amides is 1. The van der Waals surface area contributed by atoms with Gasteiger partial charge in [0.25, 0.3) is 5.91 Å². The Bertz CT molecular complexity index is 586. The fourth-order valence-electron chi connectivity index (χ4n) is 1.86. The van der Waals surface area contributed by atoms with E-state index in [2.05, 4.69) is 0 Å². The molecule has 0 bridgehead atoms. The Kier molecular flexibility index (Phi) is 4.13. The van der Waals surface area contributed by atoms with E-state index in [1.54, 1.807) is 30.2 Å². The summed E-state index contributed by atoms with van der Waals surface area (Å²) < 4.78 is 0. The summed E-state index contributed by atoms with van der Waals surface area (Å²) >= 11 is 17.1. The number of likely N-dealkylation sites (N-methyl/N-ethyl adjacent to an activating group) is 2. The Morgan fingerprint density at radius 2 is 2.00 bits per heavy atom. The highest BCUT2D eigenvalue weighted by Crippen LogP contribution is 2.26. The van der Waals surface area contributed by atoms with E-state index >= 15 is 0 Å². The maximum Gasteiger partial charge on any atom is 0.276 e. The zero-order chi connectivity index (χ0) is 14.2. The van der Waals surface area contributed by atoms with Gasteiger partial charge in [0.2, 0.25) is 0 Å². The monoisotopic (exact) mass is 314 g/mol.